The zero-order chi connectivity index (χ0) is 12.7. The van der Waals surface area contributed by atoms with Crippen LogP contribution in [-0.4, -0.2) is 40.1 Å². The summed E-state index contributed by atoms with van der Waals surface area (Å²) in [5, 5.41) is 9.88. The van der Waals surface area contributed by atoms with Crippen molar-refractivity contribution in [2.45, 2.75) is 38.2 Å². The van der Waals surface area contributed by atoms with E-state index in [4.69, 9.17) is 0 Å². The van der Waals surface area contributed by atoms with Crippen LogP contribution in [0.2, 0.25) is 0 Å². The average Bonchev–Trinajstić information content (AvgIpc) is 3.09. The van der Waals surface area contributed by atoms with Crippen LogP contribution in [0, 0.1) is 5.92 Å². The lowest BCUT2D eigenvalue weighted by atomic mass is 9.96. The van der Waals surface area contributed by atoms with E-state index in [1.54, 1.807) is 10.4 Å². The maximum Gasteiger partial charge on any atom is 0.265 e. The van der Waals surface area contributed by atoms with Gasteiger partial charge in [0.1, 0.15) is 4.88 Å². The Morgan fingerprint density at radius 2 is 2.28 bits per heavy atom. The highest BCUT2D eigenvalue weighted by Gasteiger charge is 2.34. The summed E-state index contributed by atoms with van der Waals surface area (Å²) >= 11 is 1.44. The molecule has 1 amide bonds. The number of aliphatic hydroxyl groups is 1. The van der Waals surface area contributed by atoms with Gasteiger partial charge in [-0.1, -0.05) is 6.92 Å². The molecular weight excluding hydrogens is 248 g/mol. The highest BCUT2D eigenvalue weighted by molar-refractivity contribution is 7.11. The largest absolute Gasteiger partial charge is 0.391 e. The third kappa shape index (κ3) is 2.17. The summed E-state index contributed by atoms with van der Waals surface area (Å²) < 4.78 is 0. The number of carbonyl (C=O) groups is 1. The number of hydrogen-bond donors (Lipinski definition) is 1. The minimum absolute atomic E-state index is 0.0605. The lowest BCUT2D eigenvalue weighted by Crippen LogP contribution is -2.45. The standard InChI is InChI=1S/C13H18N2O2S/c1-8-4-5-15(6-10(8)16)13(17)12-11(9-2-3-9)14-7-18-12/h7-10,16H,2-6H2,1H3. The number of rotatable bonds is 2. The lowest BCUT2D eigenvalue weighted by Gasteiger charge is -2.34. The molecule has 18 heavy (non-hydrogen) atoms. The van der Waals surface area contributed by atoms with E-state index in [-0.39, 0.29) is 12.0 Å². The summed E-state index contributed by atoms with van der Waals surface area (Å²) in [5.74, 6) is 0.854. The summed E-state index contributed by atoms with van der Waals surface area (Å²) in [6, 6.07) is 0. The van der Waals surface area contributed by atoms with Crippen LogP contribution >= 0.6 is 11.3 Å². The number of β-amino-alcohol motifs (C(OH)–C–C–N with tert-alkyl or cyclic N) is 1. The number of amides is 1. The van der Waals surface area contributed by atoms with Gasteiger partial charge in [-0.2, -0.15) is 0 Å². The number of aliphatic hydroxyl groups excluding tert-OH is 1. The van der Waals surface area contributed by atoms with E-state index in [1.165, 1.54) is 11.3 Å². The Bertz CT molecular complexity index is 456. The first kappa shape index (κ1) is 12.1. The van der Waals surface area contributed by atoms with E-state index in [0.717, 1.165) is 36.4 Å². The summed E-state index contributed by atoms with van der Waals surface area (Å²) in [7, 11) is 0. The maximum atomic E-state index is 12.5. The second-order valence-corrected chi connectivity index (χ2v) is 6.28. The quantitative estimate of drug-likeness (QED) is 0.889. The van der Waals surface area contributed by atoms with Crippen molar-refractivity contribution in [3.8, 4) is 0 Å². The van der Waals surface area contributed by atoms with Crippen LogP contribution in [-0.2, 0) is 0 Å². The molecular formula is C13H18N2O2S. The van der Waals surface area contributed by atoms with Gasteiger partial charge in [-0.3, -0.25) is 4.79 Å². The molecule has 5 heteroatoms. The molecule has 1 N–H and O–H groups in total. The van der Waals surface area contributed by atoms with Crippen molar-refractivity contribution in [3.05, 3.63) is 16.1 Å². The summed E-state index contributed by atoms with van der Waals surface area (Å²) in [4.78, 5) is 19.4. The van der Waals surface area contributed by atoms with E-state index < -0.39 is 0 Å². The Morgan fingerprint density at radius 1 is 1.50 bits per heavy atom. The summed E-state index contributed by atoms with van der Waals surface area (Å²) in [5.41, 5.74) is 2.75. The Balaban J connectivity index is 1.75. The molecule has 4 nitrogen and oxygen atoms in total. The number of carbonyl (C=O) groups excluding carboxylic acids is 1. The first-order chi connectivity index (χ1) is 8.66. The zero-order valence-electron chi connectivity index (χ0n) is 10.5. The number of likely N-dealkylation sites (tertiary alicyclic amines) is 1. The molecule has 0 bridgehead atoms. The Morgan fingerprint density at radius 3 is 2.94 bits per heavy atom. The second-order valence-electron chi connectivity index (χ2n) is 5.43. The first-order valence-electron chi connectivity index (χ1n) is 6.57. The highest BCUT2D eigenvalue weighted by atomic mass is 32.1. The first-order valence-corrected chi connectivity index (χ1v) is 7.45. The lowest BCUT2D eigenvalue weighted by molar-refractivity contribution is 0.0251. The van der Waals surface area contributed by atoms with Gasteiger partial charge in [-0.15, -0.1) is 11.3 Å². The molecule has 1 saturated carbocycles. The molecule has 2 fully saturated rings. The van der Waals surface area contributed by atoms with Crippen molar-refractivity contribution in [2.75, 3.05) is 13.1 Å². The van der Waals surface area contributed by atoms with Crippen LogP contribution in [0.15, 0.2) is 5.51 Å². The average molecular weight is 266 g/mol. The minimum atomic E-state index is -0.389. The van der Waals surface area contributed by atoms with Crippen LogP contribution in [0.3, 0.4) is 0 Å². The van der Waals surface area contributed by atoms with Crippen molar-refractivity contribution < 1.29 is 9.90 Å². The predicted molar refractivity (Wildman–Crippen MR) is 69.8 cm³/mol. The van der Waals surface area contributed by atoms with E-state index in [2.05, 4.69) is 4.98 Å². The molecule has 3 rings (SSSR count). The van der Waals surface area contributed by atoms with Gasteiger partial charge in [-0.05, 0) is 25.2 Å². The normalized spacial score (nSPS) is 28.4. The topological polar surface area (TPSA) is 53.4 Å². The van der Waals surface area contributed by atoms with Crippen molar-refractivity contribution in [3.63, 3.8) is 0 Å². The van der Waals surface area contributed by atoms with Crippen molar-refractivity contribution >= 4 is 17.2 Å². The van der Waals surface area contributed by atoms with E-state index in [0.29, 0.717) is 18.4 Å². The van der Waals surface area contributed by atoms with Gasteiger partial charge < -0.3 is 10.0 Å². The molecule has 1 aromatic heterocycles. The van der Waals surface area contributed by atoms with Crippen LogP contribution in [0.4, 0.5) is 0 Å². The van der Waals surface area contributed by atoms with E-state index in [1.807, 2.05) is 6.92 Å². The highest BCUT2D eigenvalue weighted by Crippen LogP contribution is 2.42. The zero-order valence-corrected chi connectivity index (χ0v) is 11.3. The van der Waals surface area contributed by atoms with Gasteiger partial charge >= 0.3 is 0 Å². The molecule has 2 heterocycles. The number of nitrogens with zero attached hydrogens (tertiary/aromatic N) is 2. The van der Waals surface area contributed by atoms with Gasteiger partial charge in [0.15, 0.2) is 0 Å². The third-order valence-electron chi connectivity index (χ3n) is 3.96. The number of thiazole rings is 1. The fourth-order valence-corrected chi connectivity index (χ4v) is 3.28. The molecule has 1 aliphatic carbocycles. The molecule has 0 spiro atoms. The molecule has 1 aliphatic heterocycles. The molecule has 2 aliphatic rings. The fourth-order valence-electron chi connectivity index (χ4n) is 2.44. The van der Waals surface area contributed by atoms with Gasteiger partial charge in [-0.25, -0.2) is 4.98 Å². The van der Waals surface area contributed by atoms with Gasteiger partial charge in [0.05, 0.1) is 17.3 Å². The van der Waals surface area contributed by atoms with Gasteiger partial charge in [0.25, 0.3) is 5.91 Å². The van der Waals surface area contributed by atoms with E-state index in [9.17, 15) is 9.90 Å². The number of aromatic nitrogens is 1. The van der Waals surface area contributed by atoms with Gasteiger partial charge in [0.2, 0.25) is 0 Å². The smallest absolute Gasteiger partial charge is 0.265 e. The van der Waals surface area contributed by atoms with Gasteiger partial charge in [0, 0.05) is 19.0 Å². The second kappa shape index (κ2) is 4.63. The molecule has 1 saturated heterocycles. The number of piperidine rings is 1. The van der Waals surface area contributed by atoms with Crippen LogP contribution in [0.1, 0.15) is 47.5 Å². The molecule has 2 unspecified atom stereocenters. The van der Waals surface area contributed by atoms with E-state index >= 15 is 0 Å². The number of hydrogen-bond acceptors (Lipinski definition) is 4. The molecule has 0 radical (unpaired) electrons. The maximum absolute atomic E-state index is 12.5. The predicted octanol–water partition coefficient (Wildman–Crippen LogP) is 1.86. The van der Waals surface area contributed by atoms with Crippen LogP contribution in [0.25, 0.3) is 0 Å². The van der Waals surface area contributed by atoms with Crippen molar-refractivity contribution in [1.82, 2.24) is 9.88 Å². The summed E-state index contributed by atoms with van der Waals surface area (Å²) in [6.07, 6.45) is 2.80. The van der Waals surface area contributed by atoms with Crippen LogP contribution < -0.4 is 0 Å². The SMILES string of the molecule is CC1CCN(C(=O)c2scnc2C2CC2)CC1O. The molecule has 0 aromatic carbocycles. The van der Waals surface area contributed by atoms with Crippen molar-refractivity contribution in [2.24, 2.45) is 5.92 Å². The van der Waals surface area contributed by atoms with Crippen molar-refractivity contribution in [1.29, 1.82) is 0 Å². The molecule has 1 aromatic rings. The van der Waals surface area contributed by atoms with Crippen LogP contribution in [0.5, 0.6) is 0 Å². The Kier molecular flexibility index (Phi) is 3.11. The third-order valence-corrected chi connectivity index (χ3v) is 4.79. The monoisotopic (exact) mass is 266 g/mol. The molecule has 2 atom stereocenters. The fraction of sp³-hybridized carbons (Fsp3) is 0.692. The minimum Gasteiger partial charge on any atom is -0.391 e. The molecule has 98 valence electrons. The summed E-state index contributed by atoms with van der Waals surface area (Å²) in [6.45, 7) is 3.25. The Hall–Kier alpha value is -0.940. The Labute approximate surface area is 111 Å².